The number of rotatable bonds is 3. The van der Waals surface area contributed by atoms with Crippen LogP contribution < -0.4 is 10.9 Å². The van der Waals surface area contributed by atoms with Gasteiger partial charge in [-0.05, 0) is 18.5 Å². The van der Waals surface area contributed by atoms with Gasteiger partial charge in [0.1, 0.15) is 10.5 Å². The molecule has 1 saturated heterocycles. The average molecular weight is 250 g/mol. The summed E-state index contributed by atoms with van der Waals surface area (Å²) in [5, 5.41) is 5.13. The third kappa shape index (κ3) is 1.99. The van der Waals surface area contributed by atoms with Crippen molar-refractivity contribution >= 4 is 21.6 Å². The minimum Gasteiger partial charge on any atom is -0.314 e. The van der Waals surface area contributed by atoms with Crippen molar-refractivity contribution in [3.05, 3.63) is 27.6 Å². The van der Waals surface area contributed by atoms with E-state index in [1.54, 1.807) is 0 Å². The van der Waals surface area contributed by atoms with Crippen molar-refractivity contribution in [2.24, 2.45) is 0 Å². The molecule has 1 fully saturated rings. The van der Waals surface area contributed by atoms with Crippen LogP contribution in [-0.2, 0) is 6.54 Å². The van der Waals surface area contributed by atoms with Crippen molar-refractivity contribution in [3.8, 4) is 0 Å². The zero-order valence-electron chi connectivity index (χ0n) is 9.56. The second kappa shape index (κ2) is 4.21. The maximum Gasteiger partial charge on any atom is 0.268 e. The van der Waals surface area contributed by atoms with Gasteiger partial charge in [-0.2, -0.15) is 0 Å². The molecule has 6 heteroatoms. The molecule has 2 aromatic heterocycles. The van der Waals surface area contributed by atoms with Crippen LogP contribution in [0.1, 0.15) is 5.82 Å². The van der Waals surface area contributed by atoms with Crippen LogP contribution in [-0.4, -0.2) is 41.0 Å². The van der Waals surface area contributed by atoms with Gasteiger partial charge < -0.3 is 10.3 Å². The molecule has 3 heterocycles. The minimum absolute atomic E-state index is 0.0277. The van der Waals surface area contributed by atoms with Gasteiger partial charge in [-0.1, -0.05) is 0 Å². The summed E-state index contributed by atoms with van der Waals surface area (Å²) in [6, 6.07) is 2.45. The van der Waals surface area contributed by atoms with Crippen LogP contribution in [0, 0.1) is 0 Å². The molecule has 0 aliphatic carbocycles. The Hall–Kier alpha value is -1.24. The summed E-state index contributed by atoms with van der Waals surface area (Å²) < 4.78 is 0.710. The molecule has 1 aliphatic rings. The highest BCUT2D eigenvalue weighted by molar-refractivity contribution is 7.17. The Bertz CT molecular complexity index is 586. The SMILES string of the molecule is CN(Cc1nc2ccsc2c(=O)[nH]1)C1CNC1. The molecule has 0 atom stereocenters. The molecule has 0 amide bonds. The molecule has 0 spiro atoms. The quantitative estimate of drug-likeness (QED) is 0.827. The van der Waals surface area contributed by atoms with E-state index in [9.17, 15) is 4.79 Å². The van der Waals surface area contributed by atoms with Crippen molar-refractivity contribution in [1.29, 1.82) is 0 Å². The lowest BCUT2D eigenvalue weighted by Gasteiger charge is -2.35. The monoisotopic (exact) mass is 250 g/mol. The van der Waals surface area contributed by atoms with Crippen LogP contribution in [0.2, 0.25) is 0 Å². The lowest BCUT2D eigenvalue weighted by atomic mass is 10.1. The molecule has 90 valence electrons. The fourth-order valence-corrected chi connectivity index (χ4v) is 2.67. The van der Waals surface area contributed by atoms with Gasteiger partial charge in [0.2, 0.25) is 0 Å². The third-order valence-electron chi connectivity index (χ3n) is 3.15. The number of fused-ring (bicyclic) bond motifs is 1. The first kappa shape index (κ1) is 10.9. The highest BCUT2D eigenvalue weighted by Crippen LogP contribution is 2.14. The van der Waals surface area contributed by atoms with Crippen molar-refractivity contribution in [2.45, 2.75) is 12.6 Å². The Balaban J connectivity index is 1.87. The summed E-state index contributed by atoms with van der Waals surface area (Å²) in [5.74, 6) is 0.746. The highest BCUT2D eigenvalue weighted by Gasteiger charge is 2.22. The average Bonchev–Trinajstić information content (AvgIpc) is 2.62. The van der Waals surface area contributed by atoms with Crippen LogP contribution in [0.25, 0.3) is 10.2 Å². The Morgan fingerprint density at radius 3 is 3.12 bits per heavy atom. The van der Waals surface area contributed by atoms with E-state index < -0.39 is 0 Å². The molecule has 0 radical (unpaired) electrons. The molecule has 0 unspecified atom stereocenters. The number of likely N-dealkylation sites (N-methyl/N-ethyl adjacent to an activating group) is 1. The molecule has 1 aliphatic heterocycles. The molecule has 5 nitrogen and oxygen atoms in total. The smallest absolute Gasteiger partial charge is 0.268 e. The first-order valence-corrected chi connectivity index (χ1v) is 6.49. The summed E-state index contributed by atoms with van der Waals surface area (Å²) in [6.07, 6.45) is 0. The molecule has 2 aromatic rings. The molecule has 0 saturated carbocycles. The van der Waals surface area contributed by atoms with Crippen LogP contribution in [0.4, 0.5) is 0 Å². The van der Waals surface area contributed by atoms with Crippen LogP contribution >= 0.6 is 11.3 Å². The van der Waals surface area contributed by atoms with Gasteiger partial charge in [-0.25, -0.2) is 4.98 Å². The number of thiophene rings is 1. The largest absolute Gasteiger partial charge is 0.314 e. The van der Waals surface area contributed by atoms with Gasteiger partial charge in [-0.3, -0.25) is 9.69 Å². The van der Waals surface area contributed by atoms with Gasteiger partial charge >= 0.3 is 0 Å². The second-order valence-electron chi connectivity index (χ2n) is 4.37. The van der Waals surface area contributed by atoms with E-state index in [0.29, 0.717) is 17.3 Å². The van der Waals surface area contributed by atoms with Gasteiger partial charge in [0, 0.05) is 19.1 Å². The van der Waals surface area contributed by atoms with Crippen molar-refractivity contribution in [1.82, 2.24) is 20.2 Å². The first-order chi connectivity index (χ1) is 8.24. The Morgan fingerprint density at radius 2 is 2.41 bits per heavy atom. The fraction of sp³-hybridized carbons (Fsp3) is 0.455. The number of hydrogen-bond acceptors (Lipinski definition) is 5. The van der Waals surface area contributed by atoms with E-state index in [2.05, 4.69) is 27.2 Å². The zero-order chi connectivity index (χ0) is 11.8. The summed E-state index contributed by atoms with van der Waals surface area (Å²) in [6.45, 7) is 2.72. The van der Waals surface area contributed by atoms with Crippen LogP contribution in [0.5, 0.6) is 0 Å². The van der Waals surface area contributed by atoms with Crippen LogP contribution in [0.3, 0.4) is 0 Å². The van der Waals surface area contributed by atoms with Gasteiger partial charge in [0.25, 0.3) is 5.56 Å². The second-order valence-corrected chi connectivity index (χ2v) is 5.29. The summed E-state index contributed by atoms with van der Waals surface area (Å²) >= 11 is 1.43. The number of aromatic nitrogens is 2. The molecule has 0 aromatic carbocycles. The minimum atomic E-state index is -0.0277. The maximum absolute atomic E-state index is 11.8. The maximum atomic E-state index is 11.8. The predicted octanol–water partition coefficient (Wildman–Crippen LogP) is 0.388. The number of nitrogens with zero attached hydrogens (tertiary/aromatic N) is 2. The molecule has 0 bridgehead atoms. The van der Waals surface area contributed by atoms with E-state index in [-0.39, 0.29) is 5.56 Å². The fourth-order valence-electron chi connectivity index (χ4n) is 1.95. The van der Waals surface area contributed by atoms with Crippen molar-refractivity contribution in [3.63, 3.8) is 0 Å². The first-order valence-electron chi connectivity index (χ1n) is 5.61. The lowest BCUT2D eigenvalue weighted by molar-refractivity contribution is 0.169. The molecule has 2 N–H and O–H groups in total. The molecule has 3 rings (SSSR count). The normalized spacial score (nSPS) is 16.6. The highest BCUT2D eigenvalue weighted by atomic mass is 32.1. The Labute approximate surface area is 102 Å². The number of aromatic amines is 1. The van der Waals surface area contributed by atoms with Crippen molar-refractivity contribution in [2.75, 3.05) is 20.1 Å². The lowest BCUT2D eigenvalue weighted by Crippen LogP contribution is -2.55. The predicted molar refractivity (Wildman–Crippen MR) is 68.4 cm³/mol. The van der Waals surface area contributed by atoms with E-state index in [0.717, 1.165) is 24.4 Å². The zero-order valence-corrected chi connectivity index (χ0v) is 10.4. The summed E-state index contributed by atoms with van der Waals surface area (Å²) in [4.78, 5) is 21.3. The Morgan fingerprint density at radius 1 is 1.59 bits per heavy atom. The van der Waals surface area contributed by atoms with E-state index >= 15 is 0 Å². The number of H-pyrrole nitrogens is 1. The van der Waals surface area contributed by atoms with Crippen LogP contribution in [0.15, 0.2) is 16.2 Å². The topological polar surface area (TPSA) is 61.0 Å². The molecular formula is C11H14N4OS. The van der Waals surface area contributed by atoms with Gasteiger partial charge in [0.15, 0.2) is 0 Å². The number of nitrogens with one attached hydrogen (secondary N) is 2. The van der Waals surface area contributed by atoms with Crippen molar-refractivity contribution < 1.29 is 0 Å². The molecular weight excluding hydrogens is 236 g/mol. The van der Waals surface area contributed by atoms with E-state index in [1.165, 1.54) is 11.3 Å². The standard InChI is InChI=1S/C11H14N4OS/c1-15(7-4-12-5-7)6-9-13-8-2-3-17-10(8)11(16)14-9/h2-3,7,12H,4-6H2,1H3,(H,13,14,16). The van der Waals surface area contributed by atoms with Gasteiger partial charge in [0.05, 0.1) is 12.1 Å². The molecule has 17 heavy (non-hydrogen) atoms. The summed E-state index contributed by atoms with van der Waals surface area (Å²) in [7, 11) is 2.06. The number of hydrogen-bond donors (Lipinski definition) is 2. The Kier molecular flexibility index (Phi) is 2.70. The summed E-state index contributed by atoms with van der Waals surface area (Å²) in [5.41, 5.74) is 0.772. The third-order valence-corrected chi connectivity index (χ3v) is 4.05. The van der Waals surface area contributed by atoms with Gasteiger partial charge in [-0.15, -0.1) is 11.3 Å². The van der Waals surface area contributed by atoms with E-state index in [1.807, 2.05) is 11.4 Å². The van der Waals surface area contributed by atoms with E-state index in [4.69, 9.17) is 0 Å².